The molecule has 1 amide bonds. The van der Waals surface area contributed by atoms with Crippen molar-refractivity contribution in [1.29, 1.82) is 0 Å². The van der Waals surface area contributed by atoms with E-state index in [2.05, 4.69) is 5.32 Å². The fraction of sp³-hybridized carbons (Fsp3) is 0.471. The molecule has 2 atom stereocenters. The maximum absolute atomic E-state index is 12.6. The van der Waals surface area contributed by atoms with E-state index in [1.165, 1.54) is 12.1 Å². The molecule has 0 aromatic heterocycles. The summed E-state index contributed by atoms with van der Waals surface area (Å²) >= 11 is 0. The molecule has 2 rings (SSSR count). The Hall–Kier alpha value is -2.37. The Balaban J connectivity index is 2.26. The van der Waals surface area contributed by atoms with Gasteiger partial charge in [-0.05, 0) is 37.3 Å². The summed E-state index contributed by atoms with van der Waals surface area (Å²) in [7, 11) is 0. The van der Waals surface area contributed by atoms with Crippen LogP contribution in [0.1, 0.15) is 44.0 Å². The van der Waals surface area contributed by atoms with Crippen LogP contribution in [0.2, 0.25) is 0 Å². The number of rotatable bonds is 4. The van der Waals surface area contributed by atoms with E-state index < -0.39 is 28.7 Å². The lowest BCUT2D eigenvalue weighted by Crippen LogP contribution is -2.43. The zero-order chi connectivity index (χ0) is 17.4. The van der Waals surface area contributed by atoms with E-state index in [0.717, 1.165) is 0 Å². The Labute approximate surface area is 134 Å². The summed E-state index contributed by atoms with van der Waals surface area (Å²) in [6, 6.07) is 6.17. The molecule has 1 saturated carbocycles. The van der Waals surface area contributed by atoms with Gasteiger partial charge in [0.05, 0.1) is 16.7 Å². The molecule has 1 fully saturated rings. The van der Waals surface area contributed by atoms with Crippen molar-refractivity contribution in [2.75, 3.05) is 5.32 Å². The average molecular weight is 319 g/mol. The van der Waals surface area contributed by atoms with Gasteiger partial charge in [-0.2, -0.15) is 0 Å². The second kappa shape index (κ2) is 5.68. The van der Waals surface area contributed by atoms with Crippen LogP contribution in [0.15, 0.2) is 24.3 Å². The maximum Gasteiger partial charge on any atom is 0.337 e. The quantitative estimate of drug-likeness (QED) is 0.791. The normalized spacial score (nSPS) is 25.8. The van der Waals surface area contributed by atoms with Crippen molar-refractivity contribution >= 4 is 23.5 Å². The number of carboxylic acids is 2. The predicted molar refractivity (Wildman–Crippen MR) is 84.3 cm³/mol. The fourth-order valence-electron chi connectivity index (χ4n) is 3.34. The molecule has 23 heavy (non-hydrogen) atoms. The van der Waals surface area contributed by atoms with Gasteiger partial charge in [0.15, 0.2) is 0 Å². The molecule has 0 radical (unpaired) electrons. The number of hydrogen-bond acceptors (Lipinski definition) is 3. The molecular formula is C17H21NO5. The predicted octanol–water partition coefficient (Wildman–Crippen LogP) is 2.85. The van der Waals surface area contributed by atoms with E-state index in [1.807, 2.05) is 0 Å². The Bertz CT molecular complexity index is 667. The zero-order valence-corrected chi connectivity index (χ0v) is 13.4. The van der Waals surface area contributed by atoms with Crippen LogP contribution in [0.4, 0.5) is 5.69 Å². The van der Waals surface area contributed by atoms with Crippen molar-refractivity contribution in [3.63, 3.8) is 0 Å². The van der Waals surface area contributed by atoms with Gasteiger partial charge in [0.2, 0.25) is 5.91 Å². The third kappa shape index (κ3) is 2.69. The zero-order valence-electron chi connectivity index (χ0n) is 13.4. The maximum atomic E-state index is 12.6. The van der Waals surface area contributed by atoms with Crippen molar-refractivity contribution in [1.82, 2.24) is 0 Å². The number of benzene rings is 1. The molecular weight excluding hydrogens is 298 g/mol. The molecule has 6 heteroatoms. The topological polar surface area (TPSA) is 104 Å². The molecule has 1 aromatic carbocycles. The lowest BCUT2D eigenvalue weighted by atomic mass is 9.65. The monoisotopic (exact) mass is 319 g/mol. The number of amides is 1. The van der Waals surface area contributed by atoms with Gasteiger partial charge in [0, 0.05) is 5.92 Å². The molecule has 3 N–H and O–H groups in total. The second-order valence-corrected chi connectivity index (χ2v) is 6.79. The first kappa shape index (κ1) is 17.0. The van der Waals surface area contributed by atoms with Gasteiger partial charge in [-0.3, -0.25) is 9.59 Å². The Morgan fingerprint density at radius 3 is 2.26 bits per heavy atom. The summed E-state index contributed by atoms with van der Waals surface area (Å²) in [4.78, 5) is 35.4. The van der Waals surface area contributed by atoms with Gasteiger partial charge in [-0.1, -0.05) is 26.0 Å². The molecule has 0 bridgehead atoms. The number of carbonyl (C=O) groups is 3. The van der Waals surface area contributed by atoms with Crippen LogP contribution < -0.4 is 5.32 Å². The lowest BCUT2D eigenvalue weighted by molar-refractivity contribution is -0.154. The standard InChI is InChI=1S/C17H21NO5/c1-16(2)11(8-9-17(16,3)15(22)23)13(19)18-12-7-5-4-6-10(12)14(20)21/h4-7,11H,8-9H2,1-3H3,(H,18,19)(H,20,21)(H,22,23)/t11?,17-/m0/s1. The Morgan fingerprint density at radius 1 is 1.13 bits per heavy atom. The van der Waals surface area contributed by atoms with E-state index in [9.17, 15) is 24.6 Å². The van der Waals surface area contributed by atoms with Crippen LogP contribution in [-0.4, -0.2) is 28.1 Å². The number of aromatic carboxylic acids is 1. The van der Waals surface area contributed by atoms with Crippen LogP contribution in [0, 0.1) is 16.7 Å². The number of anilines is 1. The van der Waals surface area contributed by atoms with Crippen molar-refractivity contribution < 1.29 is 24.6 Å². The van der Waals surface area contributed by atoms with Crippen molar-refractivity contribution in [2.24, 2.45) is 16.7 Å². The van der Waals surface area contributed by atoms with Crippen LogP contribution in [0.5, 0.6) is 0 Å². The molecule has 0 aliphatic heterocycles. The molecule has 0 saturated heterocycles. The first-order valence-electron chi connectivity index (χ1n) is 7.48. The average Bonchev–Trinajstić information content (AvgIpc) is 2.71. The van der Waals surface area contributed by atoms with Crippen LogP contribution in [-0.2, 0) is 9.59 Å². The third-order valence-corrected chi connectivity index (χ3v) is 5.43. The van der Waals surface area contributed by atoms with Gasteiger partial charge in [0.1, 0.15) is 0 Å². The number of carbonyl (C=O) groups excluding carboxylic acids is 1. The van der Waals surface area contributed by atoms with Crippen LogP contribution >= 0.6 is 0 Å². The summed E-state index contributed by atoms with van der Waals surface area (Å²) in [5.74, 6) is -2.87. The molecule has 1 aromatic rings. The van der Waals surface area contributed by atoms with E-state index >= 15 is 0 Å². The van der Waals surface area contributed by atoms with Gasteiger partial charge in [0.25, 0.3) is 0 Å². The minimum absolute atomic E-state index is 0.0117. The molecule has 1 unspecified atom stereocenters. The van der Waals surface area contributed by atoms with E-state index in [0.29, 0.717) is 12.8 Å². The molecule has 6 nitrogen and oxygen atoms in total. The largest absolute Gasteiger partial charge is 0.481 e. The summed E-state index contributed by atoms with van der Waals surface area (Å²) in [6.45, 7) is 5.22. The number of nitrogens with one attached hydrogen (secondary N) is 1. The molecule has 1 aliphatic rings. The van der Waals surface area contributed by atoms with Crippen molar-refractivity contribution in [3.05, 3.63) is 29.8 Å². The highest BCUT2D eigenvalue weighted by molar-refractivity contribution is 6.01. The fourth-order valence-corrected chi connectivity index (χ4v) is 3.34. The van der Waals surface area contributed by atoms with Crippen molar-refractivity contribution in [2.45, 2.75) is 33.6 Å². The van der Waals surface area contributed by atoms with E-state index in [1.54, 1.807) is 32.9 Å². The Kier molecular flexibility index (Phi) is 4.20. The minimum Gasteiger partial charge on any atom is -0.481 e. The van der Waals surface area contributed by atoms with E-state index in [-0.39, 0.29) is 17.2 Å². The SMILES string of the molecule is CC1(C)C(C(=O)Nc2ccccc2C(=O)O)CC[C@@]1(C)C(=O)O. The van der Waals surface area contributed by atoms with Crippen LogP contribution in [0.25, 0.3) is 0 Å². The van der Waals surface area contributed by atoms with Gasteiger partial charge >= 0.3 is 11.9 Å². The van der Waals surface area contributed by atoms with Gasteiger partial charge in [-0.25, -0.2) is 4.79 Å². The molecule has 0 heterocycles. The van der Waals surface area contributed by atoms with E-state index in [4.69, 9.17) is 0 Å². The lowest BCUT2D eigenvalue weighted by Gasteiger charge is -2.37. The molecule has 0 spiro atoms. The summed E-state index contributed by atoms with van der Waals surface area (Å²) in [6.07, 6.45) is 0.866. The molecule has 124 valence electrons. The number of carboxylic acid groups (broad SMARTS) is 2. The second-order valence-electron chi connectivity index (χ2n) is 6.79. The summed E-state index contributed by atoms with van der Waals surface area (Å²) < 4.78 is 0. The molecule has 1 aliphatic carbocycles. The summed E-state index contributed by atoms with van der Waals surface area (Å²) in [5.41, 5.74) is -1.48. The number of hydrogen-bond donors (Lipinski definition) is 3. The summed E-state index contributed by atoms with van der Waals surface area (Å²) in [5, 5.41) is 21.3. The minimum atomic E-state index is -1.12. The Morgan fingerprint density at radius 2 is 1.74 bits per heavy atom. The van der Waals surface area contributed by atoms with Crippen molar-refractivity contribution in [3.8, 4) is 0 Å². The third-order valence-electron chi connectivity index (χ3n) is 5.43. The smallest absolute Gasteiger partial charge is 0.337 e. The van der Waals surface area contributed by atoms with Gasteiger partial charge < -0.3 is 15.5 Å². The first-order chi connectivity index (χ1) is 10.6. The number of para-hydroxylation sites is 1. The van der Waals surface area contributed by atoms with Crippen LogP contribution in [0.3, 0.4) is 0 Å². The van der Waals surface area contributed by atoms with Gasteiger partial charge in [-0.15, -0.1) is 0 Å². The highest BCUT2D eigenvalue weighted by Gasteiger charge is 2.58. The highest BCUT2D eigenvalue weighted by atomic mass is 16.4. The highest BCUT2D eigenvalue weighted by Crippen LogP contribution is 2.56. The number of aliphatic carboxylic acids is 1. The first-order valence-corrected chi connectivity index (χ1v) is 7.48.